The van der Waals surface area contributed by atoms with Crippen molar-refractivity contribution in [1.29, 1.82) is 0 Å². The Kier molecular flexibility index (Phi) is 3.35. The molecule has 0 aromatic heterocycles. The highest BCUT2D eigenvalue weighted by Crippen LogP contribution is 2.57. The molecule has 1 amide bonds. The van der Waals surface area contributed by atoms with Crippen LogP contribution in [0.2, 0.25) is 0 Å². The largest absolute Gasteiger partial charge is 0.314 e. The van der Waals surface area contributed by atoms with Crippen molar-refractivity contribution in [2.45, 2.75) is 17.8 Å². The fourth-order valence-electron chi connectivity index (χ4n) is 4.95. The van der Waals surface area contributed by atoms with Crippen molar-refractivity contribution >= 4 is 17.4 Å². The molecule has 2 atom stereocenters. The number of fused-ring (bicyclic) bond motifs is 4. The Hall–Kier alpha value is -3.20. The van der Waals surface area contributed by atoms with E-state index in [0.29, 0.717) is 12.0 Å². The molecule has 1 spiro atoms. The van der Waals surface area contributed by atoms with E-state index < -0.39 is 5.41 Å². The first-order valence-corrected chi connectivity index (χ1v) is 9.21. The zero-order valence-electron chi connectivity index (χ0n) is 15.1. The molecule has 0 bridgehead atoms. The third-order valence-electron chi connectivity index (χ3n) is 6.10. The van der Waals surface area contributed by atoms with Crippen LogP contribution in [0.4, 0.5) is 5.69 Å². The van der Waals surface area contributed by atoms with Crippen molar-refractivity contribution in [2.75, 3.05) is 11.9 Å². The van der Waals surface area contributed by atoms with E-state index in [-0.39, 0.29) is 17.6 Å². The number of rotatable bonds is 1. The summed E-state index contributed by atoms with van der Waals surface area (Å²) in [5, 5.41) is 0. The Morgan fingerprint density at radius 1 is 0.815 bits per heavy atom. The number of carbonyl (C=O) groups excluding carboxylic acids is 2. The molecule has 5 rings (SSSR count). The van der Waals surface area contributed by atoms with Gasteiger partial charge in [0.25, 0.3) is 0 Å². The van der Waals surface area contributed by atoms with Crippen LogP contribution in [0.5, 0.6) is 0 Å². The molecule has 0 saturated heterocycles. The van der Waals surface area contributed by atoms with Gasteiger partial charge >= 0.3 is 0 Å². The van der Waals surface area contributed by atoms with E-state index in [0.717, 1.165) is 22.4 Å². The van der Waals surface area contributed by atoms with Crippen molar-refractivity contribution in [3.05, 3.63) is 101 Å². The molecule has 27 heavy (non-hydrogen) atoms. The zero-order valence-corrected chi connectivity index (χ0v) is 15.1. The van der Waals surface area contributed by atoms with E-state index in [4.69, 9.17) is 0 Å². The van der Waals surface area contributed by atoms with Gasteiger partial charge in [-0.05, 0) is 22.8 Å². The molecule has 3 aromatic rings. The van der Waals surface area contributed by atoms with Crippen molar-refractivity contribution < 1.29 is 9.59 Å². The van der Waals surface area contributed by atoms with E-state index in [1.54, 1.807) is 4.90 Å². The summed E-state index contributed by atoms with van der Waals surface area (Å²) in [5.41, 5.74) is 3.58. The number of anilines is 1. The van der Waals surface area contributed by atoms with Crippen LogP contribution in [0.25, 0.3) is 0 Å². The second kappa shape index (κ2) is 5.65. The minimum absolute atomic E-state index is 0.0394. The Morgan fingerprint density at radius 3 is 2.22 bits per heavy atom. The summed E-state index contributed by atoms with van der Waals surface area (Å²) >= 11 is 0. The maximum absolute atomic E-state index is 13.8. The first-order valence-electron chi connectivity index (χ1n) is 9.21. The first-order chi connectivity index (χ1) is 13.2. The molecular formula is C24H19NO2. The molecule has 0 saturated carbocycles. The summed E-state index contributed by atoms with van der Waals surface area (Å²) in [7, 11) is 1.83. The van der Waals surface area contributed by atoms with Crippen LogP contribution in [0.15, 0.2) is 78.9 Å². The number of carbonyl (C=O) groups is 2. The Balaban J connectivity index is 1.90. The predicted octanol–water partition coefficient (Wildman–Crippen LogP) is 4.32. The number of likely N-dealkylation sites (N-methyl/N-ethyl adjacent to an activating group) is 1. The average Bonchev–Trinajstić information content (AvgIpc) is 2.94. The first kappa shape index (κ1) is 16.0. The van der Waals surface area contributed by atoms with Crippen molar-refractivity contribution in [2.24, 2.45) is 0 Å². The van der Waals surface area contributed by atoms with Gasteiger partial charge in [-0.3, -0.25) is 9.59 Å². The second-order valence-corrected chi connectivity index (χ2v) is 7.33. The maximum Gasteiger partial charge on any atom is 0.242 e. The van der Waals surface area contributed by atoms with Crippen LogP contribution in [-0.4, -0.2) is 18.7 Å². The molecule has 3 heteroatoms. The molecule has 3 aromatic carbocycles. The van der Waals surface area contributed by atoms with Crippen LogP contribution >= 0.6 is 0 Å². The lowest BCUT2D eigenvalue weighted by atomic mass is 9.58. The standard InChI is InChI=1S/C24H19NO2/c1-25-21-14-8-7-13-19(21)24(23(25)27)18-12-6-5-11-17(18)22(26)15-20(24)16-9-3-2-4-10-16/h2-14,20H,15H2,1H3/t20-,24-/m0/s1. The Bertz CT molecular complexity index is 1070. The molecule has 0 fully saturated rings. The summed E-state index contributed by atoms with van der Waals surface area (Å²) in [4.78, 5) is 28.5. The van der Waals surface area contributed by atoms with Crippen LogP contribution in [0.1, 0.15) is 39.4 Å². The maximum atomic E-state index is 13.8. The molecule has 0 radical (unpaired) electrons. The van der Waals surface area contributed by atoms with E-state index in [1.165, 1.54) is 0 Å². The summed E-state index contributed by atoms with van der Waals surface area (Å²) < 4.78 is 0. The highest BCUT2D eigenvalue weighted by Gasteiger charge is 2.59. The van der Waals surface area contributed by atoms with E-state index in [9.17, 15) is 9.59 Å². The minimum Gasteiger partial charge on any atom is -0.314 e. The number of hydrogen-bond donors (Lipinski definition) is 0. The van der Waals surface area contributed by atoms with Gasteiger partial charge in [-0.15, -0.1) is 0 Å². The topological polar surface area (TPSA) is 37.4 Å². The third-order valence-corrected chi connectivity index (χ3v) is 6.10. The zero-order chi connectivity index (χ0) is 18.6. The summed E-state index contributed by atoms with van der Waals surface area (Å²) in [6.07, 6.45) is 0.328. The lowest BCUT2D eigenvalue weighted by Gasteiger charge is -2.41. The molecule has 132 valence electrons. The molecule has 1 heterocycles. The van der Waals surface area contributed by atoms with Crippen molar-refractivity contribution in [3.63, 3.8) is 0 Å². The predicted molar refractivity (Wildman–Crippen MR) is 105 cm³/mol. The van der Waals surface area contributed by atoms with Gasteiger partial charge < -0.3 is 4.90 Å². The number of hydrogen-bond acceptors (Lipinski definition) is 2. The summed E-state index contributed by atoms with van der Waals surface area (Å²) in [6, 6.07) is 25.6. The smallest absolute Gasteiger partial charge is 0.242 e. The van der Waals surface area contributed by atoms with Crippen molar-refractivity contribution in [3.8, 4) is 0 Å². The highest BCUT2D eigenvalue weighted by atomic mass is 16.2. The van der Waals surface area contributed by atoms with E-state index in [1.807, 2.05) is 85.9 Å². The number of benzene rings is 3. The van der Waals surface area contributed by atoms with Gasteiger partial charge in [0.15, 0.2) is 5.78 Å². The minimum atomic E-state index is -0.864. The van der Waals surface area contributed by atoms with Gasteiger partial charge in [0.2, 0.25) is 5.91 Å². The number of Topliss-reactive ketones (excluding diaryl/α,β-unsaturated/α-hetero) is 1. The molecule has 1 aliphatic heterocycles. The summed E-state index contributed by atoms with van der Waals surface area (Å²) in [6.45, 7) is 0. The van der Waals surface area contributed by atoms with E-state index >= 15 is 0 Å². The second-order valence-electron chi connectivity index (χ2n) is 7.33. The monoisotopic (exact) mass is 353 g/mol. The highest BCUT2D eigenvalue weighted by molar-refractivity contribution is 6.15. The van der Waals surface area contributed by atoms with Crippen LogP contribution in [-0.2, 0) is 10.2 Å². The molecule has 2 aliphatic rings. The average molecular weight is 353 g/mol. The number of amides is 1. The number of para-hydroxylation sites is 1. The fourth-order valence-corrected chi connectivity index (χ4v) is 4.95. The van der Waals surface area contributed by atoms with Gasteiger partial charge in [0, 0.05) is 30.6 Å². The molecular weight excluding hydrogens is 334 g/mol. The van der Waals surface area contributed by atoms with Crippen LogP contribution < -0.4 is 4.90 Å². The molecule has 3 nitrogen and oxygen atoms in total. The number of nitrogens with zero attached hydrogens (tertiary/aromatic N) is 1. The molecule has 0 N–H and O–H groups in total. The van der Waals surface area contributed by atoms with Gasteiger partial charge in [0.05, 0.1) is 0 Å². The summed E-state index contributed by atoms with van der Waals surface area (Å²) in [5.74, 6) is -0.0814. The van der Waals surface area contributed by atoms with Gasteiger partial charge in [-0.2, -0.15) is 0 Å². The lowest BCUT2D eigenvalue weighted by Crippen LogP contribution is -2.48. The quantitative estimate of drug-likeness (QED) is 0.653. The van der Waals surface area contributed by atoms with Gasteiger partial charge in [0.1, 0.15) is 5.41 Å². The fraction of sp³-hybridized carbons (Fsp3) is 0.167. The normalized spacial score (nSPS) is 23.4. The van der Waals surface area contributed by atoms with E-state index in [2.05, 4.69) is 0 Å². The SMILES string of the molecule is CN1C(=O)[C@@]2(c3ccccc3C(=O)C[C@H]2c2ccccc2)c2ccccc21. The third kappa shape index (κ3) is 1.97. The Morgan fingerprint density at radius 2 is 1.44 bits per heavy atom. The van der Waals surface area contributed by atoms with Crippen LogP contribution in [0, 0.1) is 0 Å². The lowest BCUT2D eigenvalue weighted by molar-refractivity contribution is -0.122. The molecule has 0 unspecified atom stereocenters. The molecule has 1 aliphatic carbocycles. The van der Waals surface area contributed by atoms with Gasteiger partial charge in [-0.1, -0.05) is 72.8 Å². The Labute approximate surface area is 158 Å². The number of ketones is 1. The van der Waals surface area contributed by atoms with Crippen molar-refractivity contribution in [1.82, 2.24) is 0 Å². The van der Waals surface area contributed by atoms with Gasteiger partial charge in [-0.25, -0.2) is 0 Å². The van der Waals surface area contributed by atoms with Crippen LogP contribution in [0.3, 0.4) is 0 Å².